The number of amides is 1. The fraction of sp³-hybridized carbons (Fsp3) is 0.333. The van der Waals surface area contributed by atoms with Crippen molar-refractivity contribution in [2.75, 3.05) is 29.5 Å². The first kappa shape index (κ1) is 22.4. The molecule has 156 valence electrons. The van der Waals surface area contributed by atoms with Gasteiger partial charge in [0, 0.05) is 12.7 Å². The summed E-state index contributed by atoms with van der Waals surface area (Å²) in [5.74, 6) is -0.594. The van der Waals surface area contributed by atoms with E-state index in [0.717, 1.165) is 24.7 Å². The molecule has 0 saturated heterocycles. The lowest BCUT2D eigenvalue weighted by atomic mass is 10.1. The molecule has 1 N–H and O–H groups in total. The van der Waals surface area contributed by atoms with Gasteiger partial charge in [0.25, 0.3) is 0 Å². The van der Waals surface area contributed by atoms with Gasteiger partial charge >= 0.3 is 5.97 Å². The molecule has 0 radical (unpaired) electrons. The average molecular weight is 419 g/mol. The highest BCUT2D eigenvalue weighted by atomic mass is 32.2. The minimum absolute atomic E-state index is 0.143. The highest BCUT2D eigenvalue weighted by Gasteiger charge is 2.12. The molecule has 2 aromatic carbocycles. The molecule has 0 aliphatic rings. The number of unbranched alkanes of at least 4 members (excludes halogenated alkanes) is 1. The first-order valence-electron chi connectivity index (χ1n) is 9.30. The molecular formula is C21H26N2O5S. The number of sulfonamides is 1. The van der Waals surface area contributed by atoms with E-state index in [4.69, 9.17) is 4.74 Å². The van der Waals surface area contributed by atoms with Crippen LogP contribution in [0.4, 0.5) is 11.4 Å². The predicted molar refractivity (Wildman–Crippen MR) is 114 cm³/mol. The Kier molecular flexibility index (Phi) is 7.78. The zero-order chi connectivity index (χ0) is 21.4. The third-order valence-corrected chi connectivity index (χ3v) is 5.50. The quantitative estimate of drug-likeness (QED) is 0.499. The largest absolute Gasteiger partial charge is 0.462 e. The van der Waals surface area contributed by atoms with Crippen LogP contribution >= 0.6 is 0 Å². The van der Waals surface area contributed by atoms with E-state index in [0.29, 0.717) is 23.5 Å². The summed E-state index contributed by atoms with van der Waals surface area (Å²) in [6, 6.07) is 13.3. The molecule has 7 nitrogen and oxygen atoms in total. The number of esters is 1. The van der Waals surface area contributed by atoms with Crippen LogP contribution in [0.1, 0.15) is 35.7 Å². The molecular weight excluding hydrogens is 392 g/mol. The molecule has 0 heterocycles. The van der Waals surface area contributed by atoms with Crippen molar-refractivity contribution in [3.8, 4) is 0 Å². The van der Waals surface area contributed by atoms with Gasteiger partial charge in [-0.3, -0.25) is 9.10 Å². The number of benzene rings is 2. The third-order valence-electron chi connectivity index (χ3n) is 4.30. The standard InChI is InChI=1S/C21H26N2O5S/c1-4-5-14-28-21(25)17-8-10-18(11-9-17)22-20(24)15-16-6-12-19(13-7-16)23(2)29(3,26)27/h6-13H,4-5,14-15H2,1-3H3,(H,22,24). The van der Waals surface area contributed by atoms with Crippen LogP contribution in [0.25, 0.3) is 0 Å². The van der Waals surface area contributed by atoms with Crippen molar-refractivity contribution in [3.63, 3.8) is 0 Å². The number of rotatable bonds is 9. The molecule has 2 aromatic rings. The number of hydrogen-bond donors (Lipinski definition) is 1. The van der Waals surface area contributed by atoms with Gasteiger partial charge in [-0.25, -0.2) is 13.2 Å². The van der Waals surface area contributed by atoms with Gasteiger partial charge in [-0.05, 0) is 48.4 Å². The predicted octanol–water partition coefficient (Wildman–Crippen LogP) is 3.22. The van der Waals surface area contributed by atoms with E-state index in [1.165, 1.54) is 11.4 Å². The molecule has 2 rings (SSSR count). The molecule has 0 aromatic heterocycles. The smallest absolute Gasteiger partial charge is 0.338 e. The number of carbonyl (C=O) groups is 2. The number of nitrogens with one attached hydrogen (secondary N) is 1. The Labute approximate surface area is 171 Å². The highest BCUT2D eigenvalue weighted by molar-refractivity contribution is 7.92. The number of ether oxygens (including phenoxy) is 1. The van der Waals surface area contributed by atoms with Gasteiger partial charge < -0.3 is 10.1 Å². The molecule has 0 unspecified atom stereocenters. The Morgan fingerprint density at radius 3 is 2.21 bits per heavy atom. The number of nitrogens with zero attached hydrogens (tertiary/aromatic N) is 1. The molecule has 29 heavy (non-hydrogen) atoms. The number of carbonyl (C=O) groups excluding carboxylic acids is 2. The monoisotopic (exact) mass is 418 g/mol. The second kappa shape index (κ2) is 10.1. The summed E-state index contributed by atoms with van der Waals surface area (Å²) in [6.45, 7) is 2.42. The molecule has 0 aliphatic carbocycles. The minimum atomic E-state index is -3.33. The molecule has 1 amide bonds. The van der Waals surface area contributed by atoms with Gasteiger partial charge in [0.2, 0.25) is 15.9 Å². The topological polar surface area (TPSA) is 92.8 Å². The summed E-state index contributed by atoms with van der Waals surface area (Å²) >= 11 is 0. The molecule has 0 aliphatic heterocycles. The lowest BCUT2D eigenvalue weighted by molar-refractivity contribution is -0.115. The van der Waals surface area contributed by atoms with Gasteiger partial charge in [0.05, 0.1) is 30.5 Å². The Balaban J connectivity index is 1.91. The summed E-state index contributed by atoms with van der Waals surface area (Å²) < 4.78 is 29.4. The lowest BCUT2D eigenvalue weighted by Crippen LogP contribution is -2.24. The van der Waals surface area contributed by atoms with Crippen molar-refractivity contribution in [1.29, 1.82) is 0 Å². The van der Waals surface area contributed by atoms with Crippen molar-refractivity contribution < 1.29 is 22.7 Å². The molecule has 0 fully saturated rings. The maximum Gasteiger partial charge on any atom is 0.338 e. The van der Waals surface area contributed by atoms with Gasteiger partial charge in [0.15, 0.2) is 0 Å². The van der Waals surface area contributed by atoms with E-state index in [-0.39, 0.29) is 18.3 Å². The minimum Gasteiger partial charge on any atom is -0.462 e. The second-order valence-corrected chi connectivity index (χ2v) is 8.70. The van der Waals surface area contributed by atoms with Crippen LogP contribution < -0.4 is 9.62 Å². The van der Waals surface area contributed by atoms with Crippen molar-refractivity contribution in [2.45, 2.75) is 26.2 Å². The average Bonchev–Trinajstić information content (AvgIpc) is 2.68. The van der Waals surface area contributed by atoms with Crippen molar-refractivity contribution in [2.24, 2.45) is 0 Å². The SMILES string of the molecule is CCCCOC(=O)c1ccc(NC(=O)Cc2ccc(N(C)S(C)(=O)=O)cc2)cc1. The number of anilines is 2. The molecule has 0 bridgehead atoms. The Morgan fingerprint density at radius 2 is 1.66 bits per heavy atom. The van der Waals surface area contributed by atoms with Crippen LogP contribution in [0.2, 0.25) is 0 Å². The van der Waals surface area contributed by atoms with Crippen LogP contribution in [-0.4, -0.2) is 40.2 Å². The molecule has 0 atom stereocenters. The molecule has 0 spiro atoms. The summed E-state index contributed by atoms with van der Waals surface area (Å²) in [5.41, 5.74) is 2.29. The molecule has 8 heteroatoms. The fourth-order valence-corrected chi connectivity index (χ4v) is 2.99. The summed E-state index contributed by atoms with van der Waals surface area (Å²) in [7, 11) is -1.86. The Bertz CT molecular complexity index is 938. The number of hydrogen-bond acceptors (Lipinski definition) is 5. The lowest BCUT2D eigenvalue weighted by Gasteiger charge is -2.16. The fourth-order valence-electron chi connectivity index (χ4n) is 2.49. The highest BCUT2D eigenvalue weighted by Crippen LogP contribution is 2.17. The maximum absolute atomic E-state index is 12.2. The first-order chi connectivity index (χ1) is 13.7. The van der Waals surface area contributed by atoms with Crippen molar-refractivity contribution in [1.82, 2.24) is 0 Å². The van der Waals surface area contributed by atoms with Gasteiger partial charge in [-0.2, -0.15) is 0 Å². The Morgan fingerprint density at radius 1 is 1.03 bits per heavy atom. The van der Waals surface area contributed by atoms with E-state index in [2.05, 4.69) is 5.32 Å². The van der Waals surface area contributed by atoms with Crippen LogP contribution in [-0.2, 0) is 26.0 Å². The van der Waals surface area contributed by atoms with Gasteiger partial charge in [-0.1, -0.05) is 25.5 Å². The van der Waals surface area contributed by atoms with E-state index in [9.17, 15) is 18.0 Å². The van der Waals surface area contributed by atoms with Gasteiger partial charge in [-0.15, -0.1) is 0 Å². The van der Waals surface area contributed by atoms with Crippen molar-refractivity contribution >= 4 is 33.3 Å². The second-order valence-electron chi connectivity index (χ2n) is 6.69. The van der Waals surface area contributed by atoms with Crippen molar-refractivity contribution in [3.05, 3.63) is 59.7 Å². The van der Waals surface area contributed by atoms with Crippen LogP contribution in [0, 0.1) is 0 Å². The summed E-state index contributed by atoms with van der Waals surface area (Å²) in [6.07, 6.45) is 3.05. The zero-order valence-electron chi connectivity index (χ0n) is 16.8. The van der Waals surface area contributed by atoms with Gasteiger partial charge in [0.1, 0.15) is 0 Å². The zero-order valence-corrected chi connectivity index (χ0v) is 17.7. The first-order valence-corrected chi connectivity index (χ1v) is 11.2. The third kappa shape index (κ3) is 6.90. The van der Waals surface area contributed by atoms with E-state index in [1.54, 1.807) is 48.5 Å². The van der Waals surface area contributed by atoms with E-state index < -0.39 is 10.0 Å². The summed E-state index contributed by atoms with van der Waals surface area (Å²) in [5, 5.41) is 2.77. The molecule has 0 saturated carbocycles. The van der Waals surface area contributed by atoms with E-state index in [1.807, 2.05) is 6.92 Å². The van der Waals surface area contributed by atoms with Crippen LogP contribution in [0.5, 0.6) is 0 Å². The van der Waals surface area contributed by atoms with Crippen LogP contribution in [0.3, 0.4) is 0 Å². The maximum atomic E-state index is 12.2. The summed E-state index contributed by atoms with van der Waals surface area (Å²) in [4.78, 5) is 24.1. The van der Waals surface area contributed by atoms with E-state index >= 15 is 0 Å². The normalized spacial score (nSPS) is 11.0. The Hall–Kier alpha value is -2.87. The van der Waals surface area contributed by atoms with Crippen LogP contribution in [0.15, 0.2) is 48.5 Å².